The van der Waals surface area contributed by atoms with E-state index in [0.717, 1.165) is 28.0 Å². The number of hydrogen-bond donors (Lipinski definition) is 1. The van der Waals surface area contributed by atoms with Gasteiger partial charge in [0.15, 0.2) is 0 Å². The van der Waals surface area contributed by atoms with Gasteiger partial charge in [-0.3, -0.25) is 4.68 Å². The average Bonchev–Trinajstić information content (AvgIpc) is 2.66. The Morgan fingerprint density at radius 3 is 2.70 bits per heavy atom. The maximum atomic E-state index is 6.31. The number of halogens is 3. The van der Waals surface area contributed by atoms with Gasteiger partial charge in [-0.05, 0) is 31.5 Å². The molecule has 0 spiro atoms. The fourth-order valence-corrected chi connectivity index (χ4v) is 3.21. The van der Waals surface area contributed by atoms with Gasteiger partial charge in [-0.15, -0.1) is 0 Å². The zero-order chi connectivity index (χ0) is 14.9. The van der Waals surface area contributed by atoms with Crippen LogP contribution in [0.1, 0.15) is 29.9 Å². The first-order chi connectivity index (χ1) is 9.43. The van der Waals surface area contributed by atoms with E-state index in [1.54, 1.807) is 0 Å². The van der Waals surface area contributed by atoms with E-state index in [1.807, 2.05) is 36.7 Å². The molecule has 0 amide bonds. The first-order valence-corrected chi connectivity index (χ1v) is 7.91. The van der Waals surface area contributed by atoms with Gasteiger partial charge in [-0.1, -0.05) is 45.2 Å². The zero-order valence-corrected chi connectivity index (χ0v) is 14.4. The molecule has 1 unspecified atom stereocenters. The smallest absolute Gasteiger partial charge is 0.0847 e. The molecule has 0 radical (unpaired) electrons. The van der Waals surface area contributed by atoms with E-state index in [1.165, 1.54) is 0 Å². The van der Waals surface area contributed by atoms with Gasteiger partial charge in [0.1, 0.15) is 0 Å². The number of rotatable bonds is 4. The molecule has 2 aromatic rings. The minimum Gasteiger partial charge on any atom is -0.324 e. The number of hydrogen-bond acceptors (Lipinski definition) is 2. The van der Waals surface area contributed by atoms with E-state index in [9.17, 15) is 0 Å². The molecule has 0 fully saturated rings. The summed E-state index contributed by atoms with van der Waals surface area (Å²) in [4.78, 5) is 0. The lowest BCUT2D eigenvalue weighted by Gasteiger charge is -2.15. The summed E-state index contributed by atoms with van der Waals surface area (Å²) in [5.41, 5.74) is 8.98. The van der Waals surface area contributed by atoms with Crippen molar-refractivity contribution in [2.24, 2.45) is 5.73 Å². The zero-order valence-electron chi connectivity index (χ0n) is 11.3. The molecule has 0 bridgehead atoms. The van der Waals surface area contributed by atoms with Crippen LogP contribution in [0.25, 0.3) is 0 Å². The van der Waals surface area contributed by atoms with Crippen molar-refractivity contribution in [3.63, 3.8) is 0 Å². The van der Waals surface area contributed by atoms with Gasteiger partial charge in [0.2, 0.25) is 0 Å². The Balaban J connectivity index is 2.30. The third kappa shape index (κ3) is 3.19. The van der Waals surface area contributed by atoms with Crippen LogP contribution in [0.2, 0.25) is 10.0 Å². The molecule has 2 rings (SSSR count). The van der Waals surface area contributed by atoms with Crippen LogP contribution < -0.4 is 5.73 Å². The minimum atomic E-state index is -0.213. The molecular weight excluding hydrogens is 361 g/mol. The summed E-state index contributed by atoms with van der Waals surface area (Å²) in [6.45, 7) is 4.70. The molecule has 0 aliphatic carbocycles. The average molecular weight is 377 g/mol. The molecule has 1 aromatic heterocycles. The van der Waals surface area contributed by atoms with E-state index in [0.29, 0.717) is 16.5 Å². The summed E-state index contributed by atoms with van der Waals surface area (Å²) in [7, 11) is 0. The standard InChI is InChI=1S/C14H16BrCl2N3/c1-3-20-13(14(17)8(2)19-20)7-12(18)10-5-4-9(15)6-11(10)16/h4-6,12H,3,7,18H2,1-2H3. The maximum Gasteiger partial charge on any atom is 0.0847 e. The monoisotopic (exact) mass is 375 g/mol. The first-order valence-electron chi connectivity index (χ1n) is 6.36. The topological polar surface area (TPSA) is 43.8 Å². The van der Waals surface area contributed by atoms with Gasteiger partial charge in [0, 0.05) is 28.5 Å². The van der Waals surface area contributed by atoms with Crippen LogP contribution in [-0.4, -0.2) is 9.78 Å². The molecule has 3 nitrogen and oxygen atoms in total. The Hall–Kier alpha value is -0.550. The Kier molecular flexibility index (Phi) is 5.13. The Bertz CT molecular complexity index is 625. The largest absolute Gasteiger partial charge is 0.324 e. The molecule has 0 saturated heterocycles. The lowest BCUT2D eigenvalue weighted by atomic mass is 10.0. The maximum absolute atomic E-state index is 6.31. The first kappa shape index (κ1) is 15.8. The predicted molar refractivity (Wildman–Crippen MR) is 87.4 cm³/mol. The number of nitrogens with zero attached hydrogens (tertiary/aromatic N) is 2. The third-order valence-corrected chi connectivity index (χ3v) is 4.54. The van der Waals surface area contributed by atoms with Gasteiger partial charge in [-0.25, -0.2) is 0 Å². The van der Waals surface area contributed by atoms with Gasteiger partial charge in [0.25, 0.3) is 0 Å². The van der Waals surface area contributed by atoms with Crippen molar-refractivity contribution < 1.29 is 0 Å². The molecule has 20 heavy (non-hydrogen) atoms. The highest BCUT2D eigenvalue weighted by Crippen LogP contribution is 2.30. The normalized spacial score (nSPS) is 12.7. The summed E-state index contributed by atoms with van der Waals surface area (Å²) in [5, 5.41) is 5.75. The minimum absolute atomic E-state index is 0.213. The summed E-state index contributed by atoms with van der Waals surface area (Å²) < 4.78 is 2.83. The molecule has 0 aliphatic rings. The fourth-order valence-electron chi connectivity index (χ4n) is 2.18. The Morgan fingerprint density at radius 2 is 2.10 bits per heavy atom. The lowest BCUT2D eigenvalue weighted by molar-refractivity contribution is 0.587. The van der Waals surface area contributed by atoms with Crippen LogP contribution in [0, 0.1) is 6.92 Å². The second kappa shape index (κ2) is 6.48. The van der Waals surface area contributed by atoms with Crippen molar-refractivity contribution in [2.75, 3.05) is 0 Å². The van der Waals surface area contributed by atoms with Crippen molar-refractivity contribution in [1.82, 2.24) is 9.78 Å². The molecular formula is C14H16BrCl2N3. The summed E-state index contributed by atoms with van der Waals surface area (Å²) in [6, 6.07) is 5.51. The molecule has 0 saturated carbocycles. The highest BCUT2D eigenvalue weighted by Gasteiger charge is 2.18. The van der Waals surface area contributed by atoms with Crippen LogP contribution in [0.3, 0.4) is 0 Å². The van der Waals surface area contributed by atoms with Crippen molar-refractivity contribution in [3.05, 3.63) is 49.7 Å². The number of nitrogens with two attached hydrogens (primary N) is 1. The number of benzene rings is 1. The van der Waals surface area contributed by atoms with Crippen LogP contribution in [-0.2, 0) is 13.0 Å². The third-order valence-electron chi connectivity index (χ3n) is 3.23. The van der Waals surface area contributed by atoms with Crippen LogP contribution in [0.15, 0.2) is 22.7 Å². The van der Waals surface area contributed by atoms with E-state index >= 15 is 0 Å². The molecule has 1 aromatic carbocycles. The van der Waals surface area contributed by atoms with E-state index in [4.69, 9.17) is 28.9 Å². The van der Waals surface area contributed by atoms with Crippen molar-refractivity contribution in [2.45, 2.75) is 32.9 Å². The highest BCUT2D eigenvalue weighted by atomic mass is 79.9. The van der Waals surface area contributed by atoms with Gasteiger partial charge in [-0.2, -0.15) is 5.10 Å². The predicted octanol–water partition coefficient (Wildman–Crippen LogP) is 4.52. The fraction of sp³-hybridized carbons (Fsp3) is 0.357. The van der Waals surface area contributed by atoms with Gasteiger partial charge >= 0.3 is 0 Å². The second-order valence-electron chi connectivity index (χ2n) is 4.64. The summed E-state index contributed by atoms with van der Waals surface area (Å²) in [5.74, 6) is 0. The molecule has 0 aliphatic heterocycles. The van der Waals surface area contributed by atoms with Crippen molar-refractivity contribution in [3.8, 4) is 0 Å². The SMILES string of the molecule is CCn1nc(C)c(Cl)c1CC(N)c1ccc(Br)cc1Cl. The van der Waals surface area contributed by atoms with Crippen LogP contribution >= 0.6 is 39.1 Å². The van der Waals surface area contributed by atoms with Crippen molar-refractivity contribution >= 4 is 39.1 Å². The van der Waals surface area contributed by atoms with Gasteiger partial charge < -0.3 is 5.73 Å². The number of aryl methyl sites for hydroxylation is 2. The van der Waals surface area contributed by atoms with Crippen LogP contribution in [0.4, 0.5) is 0 Å². The second-order valence-corrected chi connectivity index (χ2v) is 6.34. The number of aromatic nitrogens is 2. The summed E-state index contributed by atoms with van der Waals surface area (Å²) >= 11 is 15.9. The van der Waals surface area contributed by atoms with Crippen LogP contribution in [0.5, 0.6) is 0 Å². The van der Waals surface area contributed by atoms with Gasteiger partial charge in [0.05, 0.1) is 16.4 Å². The molecule has 6 heteroatoms. The quantitative estimate of drug-likeness (QED) is 0.852. The Labute approximate surface area is 137 Å². The van der Waals surface area contributed by atoms with E-state index in [2.05, 4.69) is 21.0 Å². The molecule has 108 valence electrons. The molecule has 1 atom stereocenters. The molecule has 1 heterocycles. The summed E-state index contributed by atoms with van der Waals surface area (Å²) in [6.07, 6.45) is 0.606. The van der Waals surface area contributed by atoms with E-state index in [-0.39, 0.29) is 6.04 Å². The highest BCUT2D eigenvalue weighted by molar-refractivity contribution is 9.10. The van der Waals surface area contributed by atoms with E-state index < -0.39 is 0 Å². The lowest BCUT2D eigenvalue weighted by Crippen LogP contribution is -2.16. The van der Waals surface area contributed by atoms with Crippen molar-refractivity contribution in [1.29, 1.82) is 0 Å². The Morgan fingerprint density at radius 1 is 1.40 bits per heavy atom. The molecule has 2 N–H and O–H groups in total.